The van der Waals surface area contributed by atoms with Crippen LogP contribution in [0.5, 0.6) is 5.75 Å². The van der Waals surface area contributed by atoms with Gasteiger partial charge in [-0.25, -0.2) is 13.2 Å². The number of benzene rings is 3. The fourth-order valence-corrected chi connectivity index (χ4v) is 4.11. The summed E-state index contributed by atoms with van der Waals surface area (Å²) in [5.41, 5.74) is 1.08. The van der Waals surface area contributed by atoms with E-state index in [4.69, 9.17) is 9.47 Å². The maximum Gasteiger partial charge on any atom is 0.338 e. The molecule has 0 saturated heterocycles. The highest BCUT2D eigenvalue weighted by atomic mass is 32.2. The quantitative estimate of drug-likeness (QED) is 0.340. The van der Waals surface area contributed by atoms with E-state index in [0.29, 0.717) is 22.7 Å². The second-order valence-corrected chi connectivity index (χ2v) is 9.22. The summed E-state index contributed by atoms with van der Waals surface area (Å²) < 4.78 is 38.2. The summed E-state index contributed by atoms with van der Waals surface area (Å²) in [5, 5.41) is 2.58. The lowest BCUT2D eigenvalue weighted by Crippen LogP contribution is -2.30. The second-order valence-electron chi connectivity index (χ2n) is 7.54. The minimum atomic E-state index is -3.99. The molecule has 2 N–H and O–H groups in total. The van der Waals surface area contributed by atoms with E-state index in [9.17, 15) is 22.8 Å². The summed E-state index contributed by atoms with van der Waals surface area (Å²) in [5.74, 6) is -1.06. The van der Waals surface area contributed by atoms with Crippen molar-refractivity contribution in [3.8, 4) is 5.75 Å². The van der Waals surface area contributed by atoms with Crippen LogP contribution in [0, 0.1) is 0 Å². The molecule has 35 heavy (non-hydrogen) atoms. The lowest BCUT2D eigenvalue weighted by molar-refractivity contribution is -0.123. The average molecular weight is 497 g/mol. The number of carbonyl (C=O) groups is 3. The SMILES string of the molecule is COc1ccc(NS(=O)(=O)c2cccc(C(=O)OC(C)C(=O)Nc3cccc(C(C)=O)c3)c2)cc1. The molecule has 3 aromatic carbocycles. The number of methoxy groups -OCH3 is 1. The van der Waals surface area contributed by atoms with Crippen molar-refractivity contribution < 1.29 is 32.3 Å². The number of Topliss-reactive ketones (excluding diaryl/α,β-unsaturated/α-hetero) is 1. The second kappa shape index (κ2) is 10.8. The molecule has 0 spiro atoms. The fraction of sp³-hybridized carbons (Fsp3) is 0.160. The number of nitrogens with one attached hydrogen (secondary N) is 2. The van der Waals surface area contributed by atoms with Gasteiger partial charge >= 0.3 is 5.97 Å². The summed E-state index contributed by atoms with van der Waals surface area (Å²) in [4.78, 5) is 36.4. The molecule has 1 unspecified atom stereocenters. The smallest absolute Gasteiger partial charge is 0.338 e. The number of amides is 1. The Morgan fingerprint density at radius 1 is 0.857 bits per heavy atom. The van der Waals surface area contributed by atoms with E-state index in [0.717, 1.165) is 6.07 Å². The van der Waals surface area contributed by atoms with Crippen LogP contribution in [0.2, 0.25) is 0 Å². The number of ketones is 1. The zero-order valence-corrected chi connectivity index (χ0v) is 20.1. The van der Waals surface area contributed by atoms with Gasteiger partial charge in [-0.05, 0) is 68.4 Å². The Balaban J connectivity index is 1.68. The van der Waals surface area contributed by atoms with E-state index in [2.05, 4.69) is 10.0 Å². The predicted molar refractivity (Wildman–Crippen MR) is 130 cm³/mol. The van der Waals surface area contributed by atoms with Gasteiger partial charge in [-0.2, -0.15) is 0 Å². The predicted octanol–water partition coefficient (Wildman–Crippen LogP) is 3.88. The molecule has 0 aliphatic rings. The molecule has 0 saturated carbocycles. The van der Waals surface area contributed by atoms with Crippen LogP contribution in [0.4, 0.5) is 11.4 Å². The third kappa shape index (κ3) is 6.67. The molecule has 3 rings (SSSR count). The first kappa shape index (κ1) is 25.4. The molecule has 0 aliphatic carbocycles. The third-order valence-corrected chi connectivity index (χ3v) is 6.29. The van der Waals surface area contributed by atoms with Crippen LogP contribution in [0.25, 0.3) is 0 Å². The van der Waals surface area contributed by atoms with Gasteiger partial charge in [-0.1, -0.05) is 18.2 Å². The van der Waals surface area contributed by atoms with E-state index in [1.54, 1.807) is 42.5 Å². The van der Waals surface area contributed by atoms with Gasteiger partial charge in [0.1, 0.15) is 5.75 Å². The van der Waals surface area contributed by atoms with Crippen molar-refractivity contribution in [1.29, 1.82) is 0 Å². The van der Waals surface area contributed by atoms with E-state index in [-0.39, 0.29) is 16.2 Å². The van der Waals surface area contributed by atoms with Crippen molar-refractivity contribution in [2.45, 2.75) is 24.8 Å². The Kier molecular flexibility index (Phi) is 7.87. The van der Waals surface area contributed by atoms with Crippen LogP contribution < -0.4 is 14.8 Å². The van der Waals surface area contributed by atoms with Crippen LogP contribution >= 0.6 is 0 Å². The topological polar surface area (TPSA) is 128 Å². The Bertz CT molecular complexity index is 1350. The number of anilines is 2. The average Bonchev–Trinajstić information content (AvgIpc) is 2.84. The Morgan fingerprint density at radius 3 is 2.17 bits per heavy atom. The van der Waals surface area contributed by atoms with E-state index in [1.807, 2.05) is 0 Å². The number of ether oxygens (including phenoxy) is 2. The molecule has 3 aromatic rings. The highest BCUT2D eigenvalue weighted by molar-refractivity contribution is 7.92. The van der Waals surface area contributed by atoms with Gasteiger partial charge < -0.3 is 14.8 Å². The highest BCUT2D eigenvalue weighted by Crippen LogP contribution is 2.20. The molecule has 0 heterocycles. The lowest BCUT2D eigenvalue weighted by atomic mass is 10.1. The minimum absolute atomic E-state index is 0.0409. The number of sulfonamides is 1. The first-order valence-corrected chi connectivity index (χ1v) is 12.0. The monoisotopic (exact) mass is 496 g/mol. The zero-order chi connectivity index (χ0) is 25.6. The third-order valence-electron chi connectivity index (χ3n) is 4.91. The molecule has 9 nitrogen and oxygen atoms in total. The van der Waals surface area contributed by atoms with Crippen LogP contribution in [-0.2, 0) is 19.6 Å². The van der Waals surface area contributed by atoms with Gasteiger partial charge in [-0.3, -0.25) is 14.3 Å². The number of hydrogen-bond acceptors (Lipinski definition) is 7. The summed E-state index contributed by atoms with van der Waals surface area (Å²) in [6.07, 6.45) is -1.18. The van der Waals surface area contributed by atoms with Gasteiger partial charge in [0.2, 0.25) is 0 Å². The number of esters is 1. The van der Waals surface area contributed by atoms with Crippen molar-refractivity contribution in [2.75, 3.05) is 17.1 Å². The van der Waals surface area contributed by atoms with Crippen molar-refractivity contribution in [3.05, 3.63) is 83.9 Å². The van der Waals surface area contributed by atoms with Crippen LogP contribution in [0.3, 0.4) is 0 Å². The van der Waals surface area contributed by atoms with Crippen molar-refractivity contribution in [2.24, 2.45) is 0 Å². The summed E-state index contributed by atoms with van der Waals surface area (Å²) in [6, 6.07) is 17.9. The molecule has 0 radical (unpaired) electrons. The van der Waals surface area contributed by atoms with Crippen LogP contribution in [0.15, 0.2) is 77.7 Å². The Morgan fingerprint density at radius 2 is 1.51 bits per heavy atom. The van der Waals surface area contributed by atoms with Crippen molar-refractivity contribution >= 4 is 39.1 Å². The minimum Gasteiger partial charge on any atom is -0.497 e. The molecular weight excluding hydrogens is 472 g/mol. The maximum absolute atomic E-state index is 12.8. The van der Waals surface area contributed by atoms with Gasteiger partial charge in [0.05, 0.1) is 17.6 Å². The molecule has 1 atom stereocenters. The molecule has 0 aromatic heterocycles. The summed E-state index contributed by atoms with van der Waals surface area (Å²) >= 11 is 0. The number of carbonyl (C=O) groups excluding carboxylic acids is 3. The molecule has 0 fully saturated rings. The van der Waals surface area contributed by atoms with Crippen LogP contribution in [-0.4, -0.2) is 39.3 Å². The number of rotatable bonds is 9. The lowest BCUT2D eigenvalue weighted by Gasteiger charge is -2.14. The van der Waals surface area contributed by atoms with Gasteiger partial charge in [0, 0.05) is 16.9 Å². The van der Waals surface area contributed by atoms with Crippen molar-refractivity contribution in [1.82, 2.24) is 0 Å². The first-order valence-electron chi connectivity index (χ1n) is 10.5. The van der Waals surface area contributed by atoms with Gasteiger partial charge in [-0.15, -0.1) is 0 Å². The summed E-state index contributed by atoms with van der Waals surface area (Å²) in [7, 11) is -2.49. The van der Waals surface area contributed by atoms with Gasteiger partial charge in [0.25, 0.3) is 15.9 Å². The molecule has 182 valence electrons. The molecule has 0 aliphatic heterocycles. The Hall–Kier alpha value is -4.18. The maximum atomic E-state index is 12.8. The van der Waals surface area contributed by atoms with E-state index < -0.39 is 28.0 Å². The first-order chi connectivity index (χ1) is 16.6. The van der Waals surface area contributed by atoms with E-state index >= 15 is 0 Å². The van der Waals surface area contributed by atoms with Gasteiger partial charge in [0.15, 0.2) is 11.9 Å². The number of hydrogen-bond donors (Lipinski definition) is 2. The van der Waals surface area contributed by atoms with E-state index in [1.165, 1.54) is 45.2 Å². The zero-order valence-electron chi connectivity index (χ0n) is 19.3. The normalized spacial score (nSPS) is 11.7. The molecular formula is C25H24N2O7S. The standard InChI is InChI=1S/C25H24N2O7S/c1-16(28)18-6-4-8-21(14-18)26-24(29)17(2)34-25(30)19-7-5-9-23(15-19)35(31,32)27-20-10-12-22(33-3)13-11-20/h4-15,17,27H,1-3H3,(H,26,29). The summed E-state index contributed by atoms with van der Waals surface area (Å²) in [6.45, 7) is 2.79. The molecule has 0 bridgehead atoms. The van der Waals surface area contributed by atoms with Crippen LogP contribution in [0.1, 0.15) is 34.6 Å². The fourth-order valence-electron chi connectivity index (χ4n) is 3.01. The molecule has 1 amide bonds. The Labute approximate surface area is 203 Å². The largest absolute Gasteiger partial charge is 0.497 e. The molecule has 10 heteroatoms. The highest BCUT2D eigenvalue weighted by Gasteiger charge is 2.22. The van der Waals surface area contributed by atoms with Crippen molar-refractivity contribution in [3.63, 3.8) is 0 Å².